The van der Waals surface area contributed by atoms with E-state index in [2.05, 4.69) is 10.3 Å². The monoisotopic (exact) mass is 449 g/mol. The highest BCUT2D eigenvalue weighted by molar-refractivity contribution is 7.14. The maximum atomic E-state index is 12.5. The van der Waals surface area contributed by atoms with Crippen LogP contribution in [0, 0.1) is 6.92 Å². The van der Waals surface area contributed by atoms with Gasteiger partial charge >= 0.3 is 0 Å². The molecule has 3 heterocycles. The van der Waals surface area contributed by atoms with Crippen molar-refractivity contribution in [1.29, 1.82) is 0 Å². The average Bonchev–Trinajstić information content (AvgIpc) is 3.49. The molecule has 0 saturated heterocycles. The predicted molar refractivity (Wildman–Crippen MR) is 118 cm³/mol. The molecule has 0 unspecified atom stereocenters. The van der Waals surface area contributed by atoms with Crippen LogP contribution in [0.15, 0.2) is 41.8 Å². The number of ether oxygens (including phenoxy) is 2. The Bertz CT molecular complexity index is 1250. The summed E-state index contributed by atoms with van der Waals surface area (Å²) in [6.07, 6.45) is 0.544. The maximum Gasteiger partial charge on any atom is 0.261 e. The SMILES string of the molecule is Cc1ccc2c(c1)C(=O)N(CCCC(=O)Nc1nc(-c3ccc4c(c3)OCO4)cs1)C2=O. The fourth-order valence-electron chi connectivity index (χ4n) is 3.71. The molecule has 3 amide bonds. The number of thiazole rings is 1. The standard InChI is InChI=1S/C23H19N3O5S/c1-13-4-6-15-16(9-13)22(29)26(21(15)28)8-2-3-20(27)25-23-24-17(11-32-23)14-5-7-18-19(10-14)31-12-30-18/h4-7,9-11H,2-3,8,12H2,1H3,(H,24,25,27). The molecule has 32 heavy (non-hydrogen) atoms. The first kappa shape index (κ1) is 20.2. The summed E-state index contributed by atoms with van der Waals surface area (Å²) in [5, 5.41) is 5.12. The van der Waals surface area contributed by atoms with Gasteiger partial charge in [0.25, 0.3) is 11.8 Å². The van der Waals surface area contributed by atoms with Crippen molar-refractivity contribution in [2.45, 2.75) is 19.8 Å². The van der Waals surface area contributed by atoms with Gasteiger partial charge in [0.2, 0.25) is 12.7 Å². The van der Waals surface area contributed by atoms with Crippen molar-refractivity contribution in [3.8, 4) is 22.8 Å². The number of rotatable bonds is 6. The average molecular weight is 449 g/mol. The molecule has 2 aliphatic rings. The van der Waals surface area contributed by atoms with Crippen LogP contribution in [0.2, 0.25) is 0 Å². The fourth-order valence-corrected chi connectivity index (χ4v) is 4.44. The number of nitrogens with zero attached hydrogens (tertiary/aromatic N) is 2. The minimum Gasteiger partial charge on any atom is -0.454 e. The number of fused-ring (bicyclic) bond motifs is 2. The Kier molecular flexibility index (Phi) is 5.10. The van der Waals surface area contributed by atoms with Crippen molar-refractivity contribution in [1.82, 2.24) is 9.88 Å². The van der Waals surface area contributed by atoms with Crippen molar-refractivity contribution < 1.29 is 23.9 Å². The maximum absolute atomic E-state index is 12.5. The third-order valence-electron chi connectivity index (χ3n) is 5.33. The third kappa shape index (κ3) is 3.71. The molecule has 0 fully saturated rings. The second kappa shape index (κ2) is 8.08. The van der Waals surface area contributed by atoms with Gasteiger partial charge in [-0.25, -0.2) is 4.98 Å². The number of aryl methyl sites for hydroxylation is 1. The number of hydrogen-bond acceptors (Lipinski definition) is 7. The summed E-state index contributed by atoms with van der Waals surface area (Å²) in [5.74, 6) is 0.542. The number of amides is 3. The molecule has 162 valence electrons. The van der Waals surface area contributed by atoms with E-state index < -0.39 is 0 Å². The van der Waals surface area contributed by atoms with E-state index in [0.717, 1.165) is 16.8 Å². The largest absolute Gasteiger partial charge is 0.454 e. The van der Waals surface area contributed by atoms with Crippen LogP contribution in [0.4, 0.5) is 5.13 Å². The Morgan fingerprint density at radius 2 is 1.91 bits per heavy atom. The van der Waals surface area contributed by atoms with Crippen LogP contribution < -0.4 is 14.8 Å². The van der Waals surface area contributed by atoms with Gasteiger partial charge in [-0.05, 0) is 43.7 Å². The smallest absolute Gasteiger partial charge is 0.261 e. The summed E-state index contributed by atoms with van der Waals surface area (Å²) in [6.45, 7) is 2.28. The van der Waals surface area contributed by atoms with E-state index in [4.69, 9.17) is 9.47 Å². The van der Waals surface area contributed by atoms with E-state index in [1.54, 1.807) is 12.1 Å². The second-order valence-corrected chi connectivity index (χ2v) is 8.43. The molecule has 0 bridgehead atoms. The molecular weight excluding hydrogens is 430 g/mol. The van der Waals surface area contributed by atoms with Gasteiger partial charge in [-0.2, -0.15) is 0 Å². The summed E-state index contributed by atoms with van der Waals surface area (Å²) < 4.78 is 10.7. The molecule has 9 heteroatoms. The molecule has 2 aliphatic heterocycles. The minimum absolute atomic E-state index is 0.172. The van der Waals surface area contributed by atoms with Gasteiger partial charge in [0.05, 0.1) is 16.8 Å². The molecular formula is C23H19N3O5S. The van der Waals surface area contributed by atoms with Crippen molar-refractivity contribution in [2.24, 2.45) is 0 Å². The van der Waals surface area contributed by atoms with E-state index in [9.17, 15) is 14.4 Å². The zero-order valence-electron chi connectivity index (χ0n) is 17.2. The van der Waals surface area contributed by atoms with Gasteiger partial charge in [-0.3, -0.25) is 19.3 Å². The van der Waals surface area contributed by atoms with Crippen LogP contribution in [0.5, 0.6) is 11.5 Å². The topological polar surface area (TPSA) is 97.8 Å². The van der Waals surface area contributed by atoms with E-state index >= 15 is 0 Å². The fraction of sp³-hybridized carbons (Fsp3) is 0.217. The Balaban J connectivity index is 1.15. The van der Waals surface area contributed by atoms with Gasteiger partial charge in [-0.1, -0.05) is 11.6 Å². The Labute approximate surface area is 187 Å². The zero-order chi connectivity index (χ0) is 22.2. The molecule has 2 aromatic carbocycles. The molecule has 8 nitrogen and oxygen atoms in total. The number of hydrogen-bond donors (Lipinski definition) is 1. The lowest BCUT2D eigenvalue weighted by molar-refractivity contribution is -0.116. The van der Waals surface area contributed by atoms with Crippen molar-refractivity contribution in [3.05, 3.63) is 58.5 Å². The first-order valence-electron chi connectivity index (χ1n) is 10.1. The van der Waals surface area contributed by atoms with Crippen LogP contribution in [0.1, 0.15) is 39.1 Å². The van der Waals surface area contributed by atoms with Crippen LogP contribution >= 0.6 is 11.3 Å². The number of carbonyl (C=O) groups excluding carboxylic acids is 3. The lowest BCUT2D eigenvalue weighted by Gasteiger charge is -2.13. The highest BCUT2D eigenvalue weighted by Crippen LogP contribution is 2.36. The molecule has 1 aromatic heterocycles. The molecule has 0 atom stereocenters. The van der Waals surface area contributed by atoms with E-state index in [0.29, 0.717) is 34.2 Å². The first-order valence-corrected chi connectivity index (χ1v) is 11.0. The van der Waals surface area contributed by atoms with E-state index in [-0.39, 0.29) is 37.5 Å². The molecule has 5 rings (SSSR count). The summed E-state index contributed by atoms with van der Waals surface area (Å²) in [5.41, 5.74) is 3.37. The zero-order valence-corrected chi connectivity index (χ0v) is 18.0. The Morgan fingerprint density at radius 3 is 2.78 bits per heavy atom. The highest BCUT2D eigenvalue weighted by Gasteiger charge is 2.35. The van der Waals surface area contributed by atoms with Crippen LogP contribution in [-0.4, -0.2) is 40.9 Å². The molecule has 0 radical (unpaired) electrons. The molecule has 0 spiro atoms. The summed E-state index contributed by atoms with van der Waals surface area (Å²) in [7, 11) is 0. The number of carbonyl (C=O) groups is 3. The van der Waals surface area contributed by atoms with Crippen LogP contribution in [-0.2, 0) is 4.79 Å². The summed E-state index contributed by atoms with van der Waals surface area (Å²) >= 11 is 1.32. The minimum atomic E-state index is -0.307. The molecule has 0 aliphatic carbocycles. The van der Waals surface area contributed by atoms with Gasteiger partial charge in [0.1, 0.15) is 0 Å². The molecule has 0 saturated carbocycles. The Morgan fingerprint density at radius 1 is 1.09 bits per heavy atom. The van der Waals surface area contributed by atoms with Crippen LogP contribution in [0.3, 0.4) is 0 Å². The van der Waals surface area contributed by atoms with Gasteiger partial charge in [-0.15, -0.1) is 11.3 Å². The Hall–Kier alpha value is -3.72. The van der Waals surface area contributed by atoms with Crippen molar-refractivity contribution >= 4 is 34.2 Å². The first-order chi connectivity index (χ1) is 15.5. The lowest BCUT2D eigenvalue weighted by atomic mass is 10.1. The van der Waals surface area contributed by atoms with Crippen molar-refractivity contribution in [3.63, 3.8) is 0 Å². The highest BCUT2D eigenvalue weighted by atomic mass is 32.1. The van der Waals surface area contributed by atoms with Gasteiger partial charge in [0, 0.05) is 23.9 Å². The van der Waals surface area contributed by atoms with Crippen molar-refractivity contribution in [2.75, 3.05) is 18.7 Å². The number of benzene rings is 2. The summed E-state index contributed by atoms with van der Waals surface area (Å²) in [6, 6.07) is 10.8. The van der Waals surface area contributed by atoms with Gasteiger partial charge < -0.3 is 14.8 Å². The number of anilines is 1. The summed E-state index contributed by atoms with van der Waals surface area (Å²) in [4.78, 5) is 43.0. The van der Waals surface area contributed by atoms with E-state index in [1.807, 2.05) is 36.6 Å². The molecule has 3 aromatic rings. The number of imide groups is 1. The normalized spacial score (nSPS) is 14.1. The predicted octanol–water partition coefficient (Wildman–Crippen LogP) is 3.86. The molecule has 1 N–H and O–H groups in total. The third-order valence-corrected chi connectivity index (χ3v) is 6.09. The quantitative estimate of drug-likeness (QED) is 0.574. The van der Waals surface area contributed by atoms with Gasteiger partial charge in [0.15, 0.2) is 16.6 Å². The second-order valence-electron chi connectivity index (χ2n) is 7.57. The number of nitrogens with one attached hydrogen (secondary N) is 1. The van der Waals surface area contributed by atoms with E-state index in [1.165, 1.54) is 16.2 Å². The van der Waals surface area contributed by atoms with Crippen LogP contribution in [0.25, 0.3) is 11.3 Å². The lowest BCUT2D eigenvalue weighted by Crippen LogP contribution is -2.31. The number of aromatic nitrogens is 1.